The molecule has 1 saturated carbocycles. The van der Waals surface area contributed by atoms with Crippen LogP contribution < -0.4 is 5.32 Å². The number of aliphatic hydroxyl groups is 1. The molecule has 5 heteroatoms. The van der Waals surface area contributed by atoms with Crippen molar-refractivity contribution in [1.29, 1.82) is 0 Å². The SMILES string of the molecule is CC(NCC1(O)CCCC1)C(=O)N1CCOCC1. The van der Waals surface area contributed by atoms with Gasteiger partial charge in [0.15, 0.2) is 0 Å². The quantitative estimate of drug-likeness (QED) is 0.750. The van der Waals surface area contributed by atoms with E-state index in [4.69, 9.17) is 4.74 Å². The molecule has 0 aromatic heterocycles. The molecular formula is C13H24N2O3. The highest BCUT2D eigenvalue weighted by molar-refractivity contribution is 5.81. The first-order chi connectivity index (χ1) is 8.61. The van der Waals surface area contributed by atoms with E-state index in [1.54, 1.807) is 0 Å². The van der Waals surface area contributed by atoms with Crippen LogP contribution in [0, 0.1) is 0 Å². The molecule has 2 aliphatic rings. The Bertz CT molecular complexity index is 284. The third kappa shape index (κ3) is 3.43. The Balaban J connectivity index is 1.76. The maximum absolute atomic E-state index is 12.1. The first kappa shape index (κ1) is 13.8. The van der Waals surface area contributed by atoms with Crippen LogP contribution in [0.15, 0.2) is 0 Å². The summed E-state index contributed by atoms with van der Waals surface area (Å²) in [5.41, 5.74) is -0.598. The number of carbonyl (C=O) groups excluding carboxylic acids is 1. The number of morpholine rings is 1. The van der Waals surface area contributed by atoms with Crippen LogP contribution in [0.25, 0.3) is 0 Å². The van der Waals surface area contributed by atoms with Crippen LogP contribution in [-0.2, 0) is 9.53 Å². The zero-order chi connectivity index (χ0) is 13.0. The van der Waals surface area contributed by atoms with Gasteiger partial charge in [-0.2, -0.15) is 0 Å². The summed E-state index contributed by atoms with van der Waals surface area (Å²) in [5, 5.41) is 13.4. The molecule has 1 aliphatic heterocycles. The van der Waals surface area contributed by atoms with Gasteiger partial charge in [-0.15, -0.1) is 0 Å². The largest absolute Gasteiger partial charge is 0.389 e. The van der Waals surface area contributed by atoms with Gasteiger partial charge < -0.3 is 20.1 Å². The first-order valence-corrected chi connectivity index (χ1v) is 6.93. The highest BCUT2D eigenvalue weighted by Crippen LogP contribution is 2.28. The summed E-state index contributed by atoms with van der Waals surface area (Å²) in [4.78, 5) is 14.0. The Labute approximate surface area is 108 Å². The van der Waals surface area contributed by atoms with E-state index in [0.29, 0.717) is 32.8 Å². The second-order valence-corrected chi connectivity index (χ2v) is 5.47. The van der Waals surface area contributed by atoms with Crippen molar-refractivity contribution >= 4 is 5.91 Å². The van der Waals surface area contributed by atoms with E-state index in [1.165, 1.54) is 0 Å². The van der Waals surface area contributed by atoms with Crippen molar-refractivity contribution < 1.29 is 14.6 Å². The van der Waals surface area contributed by atoms with Gasteiger partial charge in [-0.3, -0.25) is 4.79 Å². The molecule has 0 aromatic carbocycles. The van der Waals surface area contributed by atoms with Crippen molar-refractivity contribution in [3.63, 3.8) is 0 Å². The summed E-state index contributed by atoms with van der Waals surface area (Å²) in [6.07, 6.45) is 3.87. The lowest BCUT2D eigenvalue weighted by Crippen LogP contribution is -2.52. The van der Waals surface area contributed by atoms with Crippen molar-refractivity contribution in [3.05, 3.63) is 0 Å². The number of rotatable bonds is 4. The number of hydrogen-bond donors (Lipinski definition) is 2. The van der Waals surface area contributed by atoms with Crippen LogP contribution in [0.2, 0.25) is 0 Å². The average molecular weight is 256 g/mol. The van der Waals surface area contributed by atoms with Crippen LogP contribution in [0.5, 0.6) is 0 Å². The minimum Gasteiger partial charge on any atom is -0.389 e. The molecule has 0 radical (unpaired) electrons. The monoisotopic (exact) mass is 256 g/mol. The minimum atomic E-state index is -0.598. The van der Waals surface area contributed by atoms with Gasteiger partial charge in [-0.1, -0.05) is 12.8 Å². The highest BCUT2D eigenvalue weighted by Gasteiger charge is 2.32. The van der Waals surface area contributed by atoms with E-state index < -0.39 is 5.60 Å². The molecule has 0 bridgehead atoms. The second kappa shape index (κ2) is 5.99. The van der Waals surface area contributed by atoms with Crippen molar-refractivity contribution in [2.45, 2.75) is 44.2 Å². The lowest BCUT2D eigenvalue weighted by molar-refractivity contribution is -0.137. The lowest BCUT2D eigenvalue weighted by atomic mass is 10.0. The summed E-state index contributed by atoms with van der Waals surface area (Å²) in [5.74, 6) is 0.111. The minimum absolute atomic E-state index is 0.111. The van der Waals surface area contributed by atoms with E-state index in [1.807, 2.05) is 11.8 Å². The zero-order valence-corrected chi connectivity index (χ0v) is 11.2. The van der Waals surface area contributed by atoms with Crippen LogP contribution in [0.3, 0.4) is 0 Å². The number of hydrogen-bond acceptors (Lipinski definition) is 4. The number of ether oxygens (including phenoxy) is 1. The van der Waals surface area contributed by atoms with Crippen LogP contribution in [0.1, 0.15) is 32.6 Å². The summed E-state index contributed by atoms with van der Waals surface area (Å²) >= 11 is 0. The van der Waals surface area contributed by atoms with E-state index in [2.05, 4.69) is 5.32 Å². The molecule has 1 amide bonds. The molecule has 18 heavy (non-hydrogen) atoms. The molecule has 1 saturated heterocycles. The van der Waals surface area contributed by atoms with E-state index in [0.717, 1.165) is 25.7 Å². The Kier molecular flexibility index (Phi) is 4.59. The molecule has 0 spiro atoms. The second-order valence-electron chi connectivity index (χ2n) is 5.47. The molecule has 1 heterocycles. The van der Waals surface area contributed by atoms with E-state index in [-0.39, 0.29) is 11.9 Å². The number of nitrogens with zero attached hydrogens (tertiary/aromatic N) is 1. The fourth-order valence-corrected chi connectivity index (χ4v) is 2.70. The first-order valence-electron chi connectivity index (χ1n) is 6.93. The van der Waals surface area contributed by atoms with Gasteiger partial charge >= 0.3 is 0 Å². The van der Waals surface area contributed by atoms with E-state index in [9.17, 15) is 9.90 Å². The van der Waals surface area contributed by atoms with Crippen LogP contribution in [0.4, 0.5) is 0 Å². The van der Waals surface area contributed by atoms with Gasteiger partial charge in [-0.05, 0) is 19.8 Å². The van der Waals surface area contributed by atoms with E-state index >= 15 is 0 Å². The Morgan fingerprint density at radius 2 is 2.00 bits per heavy atom. The predicted octanol–water partition coefficient (Wildman–Crippen LogP) is 0.128. The molecule has 2 fully saturated rings. The fourth-order valence-electron chi connectivity index (χ4n) is 2.70. The standard InChI is InChI=1S/C13H24N2O3/c1-11(12(16)15-6-8-18-9-7-15)14-10-13(17)4-2-3-5-13/h11,14,17H,2-10H2,1H3. The van der Waals surface area contributed by atoms with Crippen molar-refractivity contribution in [3.8, 4) is 0 Å². The molecule has 104 valence electrons. The lowest BCUT2D eigenvalue weighted by Gasteiger charge is -2.31. The van der Waals surface area contributed by atoms with Crippen LogP contribution >= 0.6 is 0 Å². The molecule has 2 rings (SSSR count). The maximum Gasteiger partial charge on any atom is 0.239 e. The smallest absolute Gasteiger partial charge is 0.239 e. The third-order valence-corrected chi connectivity index (χ3v) is 3.96. The van der Waals surface area contributed by atoms with Gasteiger partial charge in [0.25, 0.3) is 0 Å². The van der Waals surface area contributed by atoms with Gasteiger partial charge in [0.2, 0.25) is 5.91 Å². The summed E-state index contributed by atoms with van der Waals surface area (Å²) in [7, 11) is 0. The van der Waals surface area contributed by atoms with Crippen molar-refractivity contribution in [1.82, 2.24) is 10.2 Å². The van der Waals surface area contributed by atoms with Gasteiger partial charge in [-0.25, -0.2) is 0 Å². The average Bonchev–Trinajstić information content (AvgIpc) is 2.83. The number of amides is 1. The van der Waals surface area contributed by atoms with Gasteiger partial charge in [0.1, 0.15) is 0 Å². The topological polar surface area (TPSA) is 61.8 Å². The fraction of sp³-hybridized carbons (Fsp3) is 0.923. The Morgan fingerprint density at radius 3 is 2.61 bits per heavy atom. The van der Waals surface area contributed by atoms with Gasteiger partial charge in [0, 0.05) is 19.6 Å². The molecule has 1 unspecified atom stereocenters. The van der Waals surface area contributed by atoms with Crippen LogP contribution in [-0.4, -0.2) is 60.4 Å². The molecule has 2 N–H and O–H groups in total. The number of carbonyl (C=O) groups is 1. The van der Waals surface area contributed by atoms with Gasteiger partial charge in [0.05, 0.1) is 24.9 Å². The number of nitrogens with one attached hydrogen (secondary N) is 1. The zero-order valence-electron chi connectivity index (χ0n) is 11.2. The summed E-state index contributed by atoms with van der Waals surface area (Å²) < 4.78 is 5.23. The normalized spacial score (nSPS) is 25.1. The Hall–Kier alpha value is -0.650. The van der Waals surface area contributed by atoms with Crippen molar-refractivity contribution in [2.24, 2.45) is 0 Å². The maximum atomic E-state index is 12.1. The summed E-state index contributed by atoms with van der Waals surface area (Å²) in [6.45, 7) is 5.00. The molecule has 0 aromatic rings. The summed E-state index contributed by atoms with van der Waals surface area (Å²) in [6, 6.07) is -0.229. The molecule has 1 atom stereocenters. The molecular weight excluding hydrogens is 232 g/mol. The molecule has 1 aliphatic carbocycles. The highest BCUT2D eigenvalue weighted by atomic mass is 16.5. The Morgan fingerprint density at radius 1 is 1.39 bits per heavy atom. The molecule has 5 nitrogen and oxygen atoms in total. The third-order valence-electron chi connectivity index (χ3n) is 3.96. The van der Waals surface area contributed by atoms with Crippen molar-refractivity contribution in [2.75, 3.05) is 32.8 Å². The predicted molar refractivity (Wildman–Crippen MR) is 68.3 cm³/mol.